The first-order valence-corrected chi connectivity index (χ1v) is 7.11. The van der Waals surface area contributed by atoms with E-state index in [0.717, 1.165) is 36.5 Å². The molecule has 1 unspecified atom stereocenters. The van der Waals surface area contributed by atoms with Crippen LogP contribution in [0.5, 0.6) is 0 Å². The molecule has 0 heterocycles. The Bertz CT molecular complexity index is 269. The minimum absolute atomic E-state index is 0.00229. The van der Waals surface area contributed by atoms with Gasteiger partial charge in [-0.1, -0.05) is 47.1 Å². The van der Waals surface area contributed by atoms with Gasteiger partial charge in [-0.05, 0) is 25.7 Å². The first kappa shape index (κ1) is 10.7. The van der Waals surface area contributed by atoms with Gasteiger partial charge in [0.1, 0.15) is 5.78 Å². The van der Waals surface area contributed by atoms with Crippen LogP contribution in [0.2, 0.25) is 0 Å². The molecule has 0 aliphatic heterocycles. The lowest BCUT2D eigenvalue weighted by Crippen LogP contribution is -2.30. The SMILES string of the molecule is O=C1CCCCCC12CCC=C2CI. The Balaban J connectivity index is 2.27. The van der Waals surface area contributed by atoms with Crippen LogP contribution in [0.4, 0.5) is 0 Å². The molecule has 0 saturated heterocycles. The standard InChI is InChI=1S/C12H17IO/c13-9-10-5-4-8-12(10)7-3-1-2-6-11(12)14/h5H,1-4,6-9H2. The number of hydrogen-bond acceptors (Lipinski definition) is 1. The Kier molecular flexibility index (Phi) is 3.30. The molecule has 78 valence electrons. The molecule has 1 nitrogen and oxygen atoms in total. The summed E-state index contributed by atoms with van der Waals surface area (Å²) in [6.45, 7) is 0. The van der Waals surface area contributed by atoms with Gasteiger partial charge in [-0.2, -0.15) is 0 Å². The molecule has 0 aromatic heterocycles. The van der Waals surface area contributed by atoms with E-state index >= 15 is 0 Å². The van der Waals surface area contributed by atoms with Crippen molar-refractivity contribution in [3.05, 3.63) is 11.6 Å². The molecule has 1 spiro atoms. The lowest BCUT2D eigenvalue weighted by molar-refractivity contribution is -0.126. The van der Waals surface area contributed by atoms with Gasteiger partial charge in [0.25, 0.3) is 0 Å². The summed E-state index contributed by atoms with van der Waals surface area (Å²) in [6.07, 6.45) is 10.1. The van der Waals surface area contributed by atoms with Crippen LogP contribution < -0.4 is 0 Å². The number of carbonyl (C=O) groups is 1. The van der Waals surface area contributed by atoms with Gasteiger partial charge in [0.15, 0.2) is 0 Å². The van der Waals surface area contributed by atoms with Gasteiger partial charge in [-0.3, -0.25) is 4.79 Å². The zero-order valence-electron chi connectivity index (χ0n) is 8.52. The number of allylic oxidation sites excluding steroid dienone is 2. The van der Waals surface area contributed by atoms with E-state index < -0.39 is 0 Å². The number of hydrogen-bond donors (Lipinski definition) is 0. The summed E-state index contributed by atoms with van der Waals surface area (Å²) in [7, 11) is 0. The first-order valence-electron chi connectivity index (χ1n) is 5.58. The van der Waals surface area contributed by atoms with E-state index in [1.807, 2.05) is 0 Å². The molecule has 2 aliphatic carbocycles. The number of alkyl halides is 1. The maximum absolute atomic E-state index is 12.2. The van der Waals surface area contributed by atoms with Gasteiger partial charge in [0.05, 0.1) is 5.41 Å². The number of Topliss-reactive ketones (excluding diaryl/α,β-unsaturated/α-hetero) is 1. The normalized spacial score (nSPS) is 33.2. The number of ketones is 1. The van der Waals surface area contributed by atoms with E-state index in [9.17, 15) is 4.79 Å². The summed E-state index contributed by atoms with van der Waals surface area (Å²) in [5.74, 6) is 0.537. The molecule has 1 fully saturated rings. The van der Waals surface area contributed by atoms with Crippen molar-refractivity contribution in [3.8, 4) is 0 Å². The van der Waals surface area contributed by atoms with E-state index in [1.165, 1.54) is 18.4 Å². The monoisotopic (exact) mass is 304 g/mol. The minimum Gasteiger partial charge on any atom is -0.299 e. The number of carbonyl (C=O) groups excluding carboxylic acids is 1. The second kappa shape index (κ2) is 4.33. The van der Waals surface area contributed by atoms with Crippen molar-refractivity contribution < 1.29 is 4.79 Å². The number of halogens is 1. The predicted molar refractivity (Wildman–Crippen MR) is 66.7 cm³/mol. The summed E-state index contributed by atoms with van der Waals surface area (Å²) >= 11 is 2.40. The molecule has 2 aliphatic rings. The fourth-order valence-electron chi connectivity index (χ4n) is 2.90. The van der Waals surface area contributed by atoms with Gasteiger partial charge >= 0.3 is 0 Å². The highest BCUT2D eigenvalue weighted by molar-refractivity contribution is 14.1. The Morgan fingerprint density at radius 3 is 2.93 bits per heavy atom. The highest BCUT2D eigenvalue weighted by Crippen LogP contribution is 2.47. The van der Waals surface area contributed by atoms with Crippen LogP contribution in [0.1, 0.15) is 44.9 Å². The van der Waals surface area contributed by atoms with Gasteiger partial charge in [0.2, 0.25) is 0 Å². The predicted octanol–water partition coefficient (Wildman–Crippen LogP) is 3.66. The maximum atomic E-state index is 12.2. The van der Waals surface area contributed by atoms with E-state index in [2.05, 4.69) is 28.7 Å². The van der Waals surface area contributed by atoms with Crippen LogP contribution in [0.15, 0.2) is 11.6 Å². The second-order valence-electron chi connectivity index (χ2n) is 4.47. The third-order valence-electron chi connectivity index (χ3n) is 3.76. The lowest BCUT2D eigenvalue weighted by atomic mass is 9.74. The van der Waals surface area contributed by atoms with Crippen LogP contribution in [-0.2, 0) is 4.79 Å². The Labute approximate surface area is 99.5 Å². The quantitative estimate of drug-likeness (QED) is 0.410. The molecule has 2 rings (SSSR count). The van der Waals surface area contributed by atoms with Crippen molar-refractivity contribution in [3.63, 3.8) is 0 Å². The summed E-state index contributed by atoms with van der Waals surface area (Å²) in [5, 5.41) is 0. The Morgan fingerprint density at radius 1 is 1.29 bits per heavy atom. The summed E-state index contributed by atoms with van der Waals surface area (Å²) in [4.78, 5) is 12.2. The molecule has 0 aromatic rings. The summed E-state index contributed by atoms with van der Waals surface area (Å²) < 4.78 is 1.05. The molecule has 0 radical (unpaired) electrons. The van der Waals surface area contributed by atoms with Crippen molar-refractivity contribution in [1.29, 1.82) is 0 Å². The van der Waals surface area contributed by atoms with Crippen molar-refractivity contribution in [2.45, 2.75) is 44.9 Å². The van der Waals surface area contributed by atoms with Crippen molar-refractivity contribution in [1.82, 2.24) is 0 Å². The average molecular weight is 304 g/mol. The van der Waals surface area contributed by atoms with Gasteiger partial charge < -0.3 is 0 Å². The van der Waals surface area contributed by atoms with Crippen molar-refractivity contribution >= 4 is 28.4 Å². The molecule has 1 saturated carbocycles. The van der Waals surface area contributed by atoms with Crippen molar-refractivity contribution in [2.75, 3.05) is 4.43 Å². The van der Waals surface area contributed by atoms with Gasteiger partial charge in [0, 0.05) is 10.8 Å². The first-order chi connectivity index (χ1) is 6.79. The Morgan fingerprint density at radius 2 is 2.14 bits per heavy atom. The molecular formula is C12H17IO. The molecule has 0 amide bonds. The molecule has 0 aromatic carbocycles. The molecule has 0 bridgehead atoms. The Hall–Kier alpha value is 0.140. The topological polar surface area (TPSA) is 17.1 Å². The van der Waals surface area contributed by atoms with Crippen LogP contribution in [0.3, 0.4) is 0 Å². The number of rotatable bonds is 1. The van der Waals surface area contributed by atoms with E-state index in [1.54, 1.807) is 0 Å². The third kappa shape index (κ3) is 1.66. The van der Waals surface area contributed by atoms with E-state index in [0.29, 0.717) is 5.78 Å². The average Bonchev–Trinajstić information content (AvgIpc) is 2.51. The van der Waals surface area contributed by atoms with Crippen molar-refractivity contribution in [2.24, 2.45) is 5.41 Å². The zero-order chi connectivity index (χ0) is 10.0. The van der Waals surface area contributed by atoms with Crippen LogP contribution in [0.25, 0.3) is 0 Å². The minimum atomic E-state index is -0.00229. The highest BCUT2D eigenvalue weighted by Gasteiger charge is 2.42. The second-order valence-corrected chi connectivity index (χ2v) is 5.23. The molecule has 1 atom stereocenters. The molecule has 2 heteroatoms. The van der Waals surface area contributed by atoms with Crippen LogP contribution >= 0.6 is 22.6 Å². The summed E-state index contributed by atoms with van der Waals surface area (Å²) in [5.41, 5.74) is 1.43. The highest BCUT2D eigenvalue weighted by atomic mass is 127. The third-order valence-corrected chi connectivity index (χ3v) is 4.58. The lowest BCUT2D eigenvalue weighted by Gasteiger charge is -2.29. The summed E-state index contributed by atoms with van der Waals surface area (Å²) in [6, 6.07) is 0. The van der Waals surface area contributed by atoms with E-state index in [4.69, 9.17) is 0 Å². The smallest absolute Gasteiger partial charge is 0.143 e. The van der Waals surface area contributed by atoms with Gasteiger partial charge in [-0.15, -0.1) is 0 Å². The van der Waals surface area contributed by atoms with Gasteiger partial charge in [-0.25, -0.2) is 0 Å². The van der Waals surface area contributed by atoms with E-state index in [-0.39, 0.29) is 5.41 Å². The fraction of sp³-hybridized carbons (Fsp3) is 0.750. The zero-order valence-corrected chi connectivity index (χ0v) is 10.7. The molecule has 0 N–H and O–H groups in total. The van der Waals surface area contributed by atoms with Crippen LogP contribution in [0, 0.1) is 5.41 Å². The largest absolute Gasteiger partial charge is 0.299 e. The van der Waals surface area contributed by atoms with Crippen LogP contribution in [-0.4, -0.2) is 10.2 Å². The fourth-order valence-corrected chi connectivity index (χ4v) is 3.94. The maximum Gasteiger partial charge on any atom is 0.143 e. The molecule has 14 heavy (non-hydrogen) atoms. The molecular weight excluding hydrogens is 287 g/mol.